The minimum absolute atomic E-state index is 0.868. The van der Waals surface area contributed by atoms with Gasteiger partial charge in [0.25, 0.3) is 0 Å². The molecule has 0 amide bonds. The summed E-state index contributed by atoms with van der Waals surface area (Å²) in [5, 5.41) is 4.48. The summed E-state index contributed by atoms with van der Waals surface area (Å²) < 4.78 is 0. The van der Waals surface area contributed by atoms with E-state index in [0.717, 1.165) is 71.0 Å². The van der Waals surface area contributed by atoms with Crippen LogP contribution in [0.3, 0.4) is 0 Å². The lowest BCUT2D eigenvalue weighted by Crippen LogP contribution is -3.36. The Balaban J connectivity index is 2.15. The third-order valence-corrected chi connectivity index (χ3v) is 427. The second kappa shape index (κ2) is 21.6. The first-order chi connectivity index (χ1) is 32.7. The maximum atomic E-state index is 3.30. The molecular formula is C60H130Si12. The van der Waals surface area contributed by atoms with Gasteiger partial charge in [-0.1, -0.05) is 313 Å². The van der Waals surface area contributed by atoms with Crippen molar-refractivity contribution >= 4 is 93.8 Å². The summed E-state index contributed by atoms with van der Waals surface area (Å²) in [5.74, 6) is 10.4. The van der Waals surface area contributed by atoms with E-state index < -0.39 is 83.4 Å². The van der Waals surface area contributed by atoms with E-state index in [-0.39, 0.29) is 0 Å². The Kier molecular flexibility index (Phi) is 19.4. The largest absolute Gasteiger partial charge is 0.0721 e. The molecule has 0 nitrogen and oxygen atoms in total. The topological polar surface area (TPSA) is 0 Å². The molecule has 6 saturated heterocycles. The van der Waals surface area contributed by atoms with Gasteiger partial charge in [-0.25, -0.2) is 0 Å². The number of hydrogen-bond acceptors (Lipinski definition) is 0. The minimum atomic E-state index is -1.92. The fourth-order valence-corrected chi connectivity index (χ4v) is 860. The van der Waals surface area contributed by atoms with Crippen LogP contribution in [0.25, 0.3) is 0 Å². The Labute approximate surface area is 463 Å². The van der Waals surface area contributed by atoms with Gasteiger partial charge in [0.1, 0.15) is 0 Å². The Morgan fingerprint density at radius 2 is 0.347 bits per heavy atom. The molecule has 418 valence electrons. The molecule has 6 fully saturated rings. The third-order valence-electron chi connectivity index (χ3n) is 21.7. The molecule has 1 aromatic carbocycles. The highest BCUT2D eigenvalue weighted by molar-refractivity contribution is 8.57. The summed E-state index contributed by atoms with van der Waals surface area (Å²) in [5.41, 5.74) is 0. The maximum Gasteiger partial charge on any atom is 0.0614 e. The lowest BCUT2D eigenvalue weighted by molar-refractivity contribution is 0.673. The predicted octanol–water partition coefficient (Wildman–Crippen LogP) is 18.3. The molecule has 6 heterocycles. The van der Waals surface area contributed by atoms with Crippen LogP contribution in [-0.4, -0.2) is 83.4 Å². The molecule has 4 bridgehead atoms. The van der Waals surface area contributed by atoms with E-state index in [4.69, 9.17) is 0 Å². The molecule has 0 N–H and O–H groups in total. The predicted molar refractivity (Wildman–Crippen MR) is 366 cm³/mol. The van der Waals surface area contributed by atoms with E-state index in [1.165, 1.54) is 0 Å². The van der Waals surface area contributed by atoms with Crippen LogP contribution >= 0.6 is 0 Å². The smallest absolute Gasteiger partial charge is 0.0614 e. The van der Waals surface area contributed by atoms with Crippen molar-refractivity contribution in [3.8, 4) is 0 Å². The first-order valence-corrected chi connectivity index (χ1v) is 75.3. The van der Waals surface area contributed by atoms with Gasteiger partial charge in [0.15, 0.2) is 0 Å². The average molecular weight is 1190 g/mol. The summed E-state index contributed by atoms with van der Waals surface area (Å²) >= 11 is 0. The molecule has 7 rings (SSSR count). The second-order valence-electron chi connectivity index (χ2n) is 34.7. The zero-order valence-corrected chi connectivity index (χ0v) is 66.7. The van der Waals surface area contributed by atoms with Gasteiger partial charge in [0, 0.05) is 70.1 Å². The van der Waals surface area contributed by atoms with E-state index in [1.54, 1.807) is 72.5 Å². The van der Waals surface area contributed by atoms with Crippen LogP contribution in [0.2, 0.25) is 112 Å². The van der Waals surface area contributed by atoms with Crippen LogP contribution in [0.15, 0.2) is 24.3 Å². The molecule has 0 atom stereocenters. The van der Waals surface area contributed by atoms with E-state index in [9.17, 15) is 0 Å². The van der Waals surface area contributed by atoms with Crippen molar-refractivity contribution in [3.63, 3.8) is 0 Å². The van der Waals surface area contributed by atoms with Crippen LogP contribution in [0, 0.1) is 71.0 Å². The first kappa shape index (κ1) is 64.6. The van der Waals surface area contributed by atoms with Crippen LogP contribution in [0.1, 0.15) is 166 Å². The fraction of sp³-hybridized carbons (Fsp3) is 0.900. The van der Waals surface area contributed by atoms with Gasteiger partial charge in [-0.05, 0) is 71.0 Å². The van der Waals surface area contributed by atoms with Gasteiger partial charge in [-0.2, -0.15) is 0 Å². The molecule has 72 heavy (non-hydrogen) atoms. The molecule has 0 aromatic heterocycles. The summed E-state index contributed by atoms with van der Waals surface area (Å²) in [7, 11) is -13.1. The van der Waals surface area contributed by atoms with Crippen molar-refractivity contribution < 1.29 is 0 Å². The van der Waals surface area contributed by atoms with E-state index in [1.807, 2.05) is 0 Å². The average Bonchev–Trinajstić information content (AvgIpc) is 3.11. The maximum absolute atomic E-state index is 3.30. The van der Waals surface area contributed by atoms with Gasteiger partial charge in [0.05, 0.1) is 13.3 Å². The van der Waals surface area contributed by atoms with E-state index >= 15 is 0 Å². The molecule has 0 saturated carbocycles. The summed E-state index contributed by atoms with van der Waals surface area (Å²) in [6, 6.07) is 34.1. The normalized spacial score (nSPS) is 28.7. The van der Waals surface area contributed by atoms with Crippen molar-refractivity contribution in [2.24, 2.45) is 71.0 Å². The second-order valence-corrected chi connectivity index (χ2v) is 180. The summed E-state index contributed by atoms with van der Waals surface area (Å²) in [6.07, 6.45) is -3.24. The van der Waals surface area contributed by atoms with Gasteiger partial charge < -0.3 is 0 Å². The number of benzene rings is 1. The molecule has 0 aliphatic carbocycles. The Bertz CT molecular complexity index is 1610. The van der Waals surface area contributed by atoms with Crippen molar-refractivity contribution in [1.29, 1.82) is 0 Å². The summed E-state index contributed by atoms with van der Waals surface area (Å²) in [6.45, 7) is 81.1. The summed E-state index contributed by atoms with van der Waals surface area (Å²) in [4.78, 5) is 0. The molecule has 0 unspecified atom stereocenters. The first-order valence-electron chi connectivity index (χ1n) is 31.8. The van der Waals surface area contributed by atoms with Crippen LogP contribution < -0.4 is 10.4 Å². The number of rotatable bonds is 28. The van der Waals surface area contributed by atoms with Crippen molar-refractivity contribution in [3.05, 3.63) is 24.3 Å². The third kappa shape index (κ3) is 8.18. The van der Waals surface area contributed by atoms with Crippen LogP contribution in [0.4, 0.5) is 0 Å². The van der Waals surface area contributed by atoms with Gasteiger partial charge in [-0.3, -0.25) is 0 Å². The van der Waals surface area contributed by atoms with Crippen LogP contribution in [0.5, 0.6) is 0 Å². The molecule has 0 radical (unpaired) electrons. The Hall–Kier alpha value is 1.82. The fourth-order valence-electron chi connectivity index (χ4n) is 26.3. The molecule has 0 spiro atoms. The Morgan fingerprint density at radius 3 is 0.431 bits per heavy atom. The van der Waals surface area contributed by atoms with Crippen molar-refractivity contribution in [2.45, 2.75) is 278 Å². The van der Waals surface area contributed by atoms with Crippen LogP contribution in [-0.2, 0) is 0 Å². The highest BCUT2D eigenvalue weighted by Crippen LogP contribution is 2.82. The number of hydrogen-bond donors (Lipinski definition) is 0. The molecule has 12 heteroatoms. The lowest BCUT2D eigenvalue weighted by Gasteiger charge is -3.03. The van der Waals surface area contributed by atoms with Crippen molar-refractivity contribution in [1.82, 2.24) is 0 Å². The zero-order valence-electron chi connectivity index (χ0n) is 54.7. The quantitative estimate of drug-likeness (QED) is 0.0734. The molecule has 6 aliphatic rings. The highest BCUT2D eigenvalue weighted by Gasteiger charge is 3.11. The van der Waals surface area contributed by atoms with Crippen molar-refractivity contribution in [2.75, 3.05) is 0 Å². The van der Waals surface area contributed by atoms with E-state index in [2.05, 4.69) is 240 Å². The minimum Gasteiger partial charge on any atom is -0.0721 e. The van der Waals surface area contributed by atoms with Gasteiger partial charge in [0.2, 0.25) is 0 Å². The monoisotopic (exact) mass is 1190 g/mol. The molecule has 6 aliphatic heterocycles. The SMILES string of the molecule is CC(C)C[Si]1(CC(C)C)[Si]2(c3ccc([Si]45[Si](CC(C)C)(CC(C)C)[Si]([Si](C)(C)C)([Si]4(CC(C)C)CC(C)C)[Si]5(CC(C)C)CC(C)C)cc3)[Si](CC(C)C)(CC(C)C)[Si]1([Si](C)(C)C)[Si]2(CC(C)C)CC(C)C. The van der Waals surface area contributed by atoms with Gasteiger partial charge >= 0.3 is 0 Å². The highest BCUT2D eigenvalue weighted by atomic mass is 30.7. The lowest BCUT2D eigenvalue weighted by atomic mass is 10.3. The van der Waals surface area contributed by atoms with Gasteiger partial charge in [-0.15, -0.1) is 0 Å². The Morgan fingerprint density at radius 1 is 0.236 bits per heavy atom. The zero-order chi connectivity index (χ0) is 55.4. The standard InChI is InChI=1S/C60H130Si12/c1-47(2)35-63(36-48(3)4)69(64(37-49(5)6,38-50(7)8)71(63,61(25,26)27)65(69,39-51(9)10)40-52(11)12)59-31-33-60(34-32-59)70-66(41-53(13)14,42-54(15)16)72(62(28,29)30,67(70,43-55(17)18)44-56(19)20)68(70,45-57(21)22)46-58(23)24/h31-34,47-58H,35-46H2,1-30H3. The molecule has 1 aromatic rings. The van der Waals surface area contributed by atoms with E-state index in [0.29, 0.717) is 0 Å². The molecular weight excluding hydrogens is 1060 g/mol.